The molecule has 0 unspecified atom stereocenters. The van der Waals surface area contributed by atoms with Crippen molar-refractivity contribution in [3.05, 3.63) is 52.1 Å². The Kier molecular flexibility index (Phi) is 3.59. The molecule has 0 atom stereocenters. The lowest BCUT2D eigenvalue weighted by Crippen LogP contribution is -2.22. The zero-order valence-electron chi connectivity index (χ0n) is 11.8. The number of fused-ring (bicyclic) bond motifs is 1. The first-order valence-electron chi connectivity index (χ1n) is 6.79. The Balaban J connectivity index is 2.19. The molecule has 0 aliphatic carbocycles. The van der Waals surface area contributed by atoms with E-state index >= 15 is 0 Å². The molecule has 108 valence electrons. The minimum atomic E-state index is -0.301. The molecule has 2 heterocycles. The van der Waals surface area contributed by atoms with Gasteiger partial charge >= 0.3 is 0 Å². The van der Waals surface area contributed by atoms with Crippen molar-refractivity contribution in [2.24, 2.45) is 5.92 Å². The van der Waals surface area contributed by atoms with Gasteiger partial charge in [-0.1, -0.05) is 32.0 Å². The average Bonchev–Trinajstić information content (AvgIpc) is 2.86. The van der Waals surface area contributed by atoms with Crippen LogP contribution in [0.4, 0.5) is 4.39 Å². The van der Waals surface area contributed by atoms with Crippen LogP contribution < -0.4 is 5.56 Å². The summed E-state index contributed by atoms with van der Waals surface area (Å²) in [4.78, 5) is 16.8. The van der Waals surface area contributed by atoms with Crippen molar-refractivity contribution < 1.29 is 4.39 Å². The Morgan fingerprint density at radius 3 is 2.76 bits per heavy atom. The quantitative estimate of drug-likeness (QED) is 0.735. The van der Waals surface area contributed by atoms with E-state index in [0.29, 0.717) is 33.8 Å². The van der Waals surface area contributed by atoms with E-state index < -0.39 is 0 Å². The maximum Gasteiger partial charge on any atom is 0.271 e. The van der Waals surface area contributed by atoms with Crippen LogP contribution in [0.25, 0.3) is 21.3 Å². The first-order chi connectivity index (χ1) is 10.1. The molecule has 5 heteroatoms. The van der Waals surface area contributed by atoms with Crippen LogP contribution in [0.3, 0.4) is 0 Å². The molecule has 3 rings (SSSR count). The Bertz CT molecular complexity index is 851. The monoisotopic (exact) mass is 302 g/mol. The Labute approximate surface area is 125 Å². The van der Waals surface area contributed by atoms with Crippen molar-refractivity contribution >= 4 is 21.6 Å². The third-order valence-corrected chi connectivity index (χ3v) is 4.23. The second kappa shape index (κ2) is 5.41. The molecule has 3 nitrogen and oxygen atoms in total. The normalized spacial score (nSPS) is 11.4. The van der Waals surface area contributed by atoms with Crippen molar-refractivity contribution in [1.82, 2.24) is 9.55 Å². The molecule has 2 aromatic heterocycles. The Morgan fingerprint density at radius 1 is 1.29 bits per heavy atom. The average molecular weight is 302 g/mol. The molecule has 0 N–H and O–H groups in total. The van der Waals surface area contributed by atoms with Crippen molar-refractivity contribution in [2.45, 2.75) is 20.4 Å². The summed E-state index contributed by atoms with van der Waals surface area (Å²) in [6.45, 7) is 4.74. The van der Waals surface area contributed by atoms with Gasteiger partial charge in [-0.05, 0) is 12.0 Å². The fourth-order valence-corrected chi connectivity index (χ4v) is 3.30. The third kappa shape index (κ3) is 2.49. The lowest BCUT2D eigenvalue weighted by atomic mass is 10.1. The zero-order chi connectivity index (χ0) is 15.0. The smallest absolute Gasteiger partial charge is 0.271 e. The summed E-state index contributed by atoms with van der Waals surface area (Å²) >= 11 is 1.32. The first kappa shape index (κ1) is 13.9. The maximum absolute atomic E-state index is 13.9. The van der Waals surface area contributed by atoms with Crippen LogP contribution in [0.2, 0.25) is 0 Å². The van der Waals surface area contributed by atoms with E-state index in [1.54, 1.807) is 34.5 Å². The fraction of sp³-hybridized carbons (Fsp3) is 0.250. The van der Waals surface area contributed by atoms with Crippen molar-refractivity contribution in [3.8, 4) is 11.1 Å². The van der Waals surface area contributed by atoms with Gasteiger partial charge in [0, 0.05) is 23.1 Å². The van der Waals surface area contributed by atoms with Gasteiger partial charge < -0.3 is 0 Å². The molecule has 0 amide bonds. The summed E-state index contributed by atoms with van der Waals surface area (Å²) in [6.07, 6.45) is 1.56. The first-order valence-corrected chi connectivity index (χ1v) is 7.67. The van der Waals surface area contributed by atoms with Crippen LogP contribution in [-0.2, 0) is 6.54 Å². The molecule has 0 aliphatic rings. The highest BCUT2D eigenvalue weighted by atomic mass is 32.1. The number of benzene rings is 1. The van der Waals surface area contributed by atoms with Crippen LogP contribution in [-0.4, -0.2) is 9.55 Å². The summed E-state index contributed by atoms with van der Waals surface area (Å²) in [5.74, 6) is 0.0679. The molecular weight excluding hydrogens is 287 g/mol. The molecule has 0 fully saturated rings. The molecule has 3 aromatic rings. The molecule has 0 saturated heterocycles. The van der Waals surface area contributed by atoms with Crippen molar-refractivity contribution in [3.63, 3.8) is 0 Å². The summed E-state index contributed by atoms with van der Waals surface area (Å²) < 4.78 is 16.1. The SMILES string of the molecule is CC(C)Cn1cnc2c(-c3ccccc3F)csc2c1=O. The number of aromatic nitrogens is 2. The van der Waals surface area contributed by atoms with Gasteiger partial charge in [0.05, 0.1) is 11.8 Å². The second-order valence-electron chi connectivity index (χ2n) is 5.40. The number of halogens is 1. The predicted molar refractivity (Wildman–Crippen MR) is 84.1 cm³/mol. The van der Waals surface area contributed by atoms with Gasteiger partial charge in [0.15, 0.2) is 0 Å². The van der Waals surface area contributed by atoms with Gasteiger partial charge in [-0.2, -0.15) is 0 Å². The largest absolute Gasteiger partial charge is 0.298 e. The van der Waals surface area contributed by atoms with E-state index in [0.717, 1.165) is 0 Å². The summed E-state index contributed by atoms with van der Waals surface area (Å²) in [7, 11) is 0. The van der Waals surface area contributed by atoms with Crippen LogP contribution >= 0.6 is 11.3 Å². The molecule has 0 radical (unpaired) electrons. The van der Waals surface area contributed by atoms with E-state index in [2.05, 4.69) is 18.8 Å². The standard InChI is InChI=1S/C16H15FN2OS/c1-10(2)7-19-9-18-14-12(8-21-15(14)16(19)20)11-5-3-4-6-13(11)17/h3-6,8-10H,7H2,1-2H3. The lowest BCUT2D eigenvalue weighted by Gasteiger charge is -2.08. The van der Waals surface area contributed by atoms with Crippen molar-refractivity contribution in [2.75, 3.05) is 0 Å². The summed E-state index contributed by atoms with van der Waals surface area (Å²) in [5, 5.41) is 1.80. The fourth-order valence-electron chi connectivity index (χ4n) is 2.34. The van der Waals surface area contributed by atoms with Crippen LogP contribution in [0.5, 0.6) is 0 Å². The highest BCUT2D eigenvalue weighted by molar-refractivity contribution is 7.17. The maximum atomic E-state index is 13.9. The Morgan fingerprint density at radius 2 is 2.05 bits per heavy atom. The summed E-state index contributed by atoms with van der Waals surface area (Å²) in [5.41, 5.74) is 1.69. The molecule has 0 bridgehead atoms. The molecule has 21 heavy (non-hydrogen) atoms. The van der Waals surface area contributed by atoms with Crippen LogP contribution in [0, 0.1) is 11.7 Å². The van der Waals surface area contributed by atoms with Gasteiger partial charge in [-0.15, -0.1) is 11.3 Å². The van der Waals surface area contributed by atoms with Gasteiger partial charge in [0.2, 0.25) is 0 Å². The van der Waals surface area contributed by atoms with E-state index in [9.17, 15) is 9.18 Å². The van der Waals surface area contributed by atoms with Gasteiger partial charge in [-0.25, -0.2) is 9.37 Å². The topological polar surface area (TPSA) is 34.9 Å². The number of rotatable bonds is 3. The van der Waals surface area contributed by atoms with Crippen molar-refractivity contribution in [1.29, 1.82) is 0 Å². The predicted octanol–water partition coefficient (Wildman–Crippen LogP) is 3.92. The second-order valence-corrected chi connectivity index (χ2v) is 6.28. The number of hydrogen-bond donors (Lipinski definition) is 0. The van der Waals surface area contributed by atoms with E-state index in [-0.39, 0.29) is 11.4 Å². The molecule has 0 aliphatic heterocycles. The van der Waals surface area contributed by atoms with Crippen LogP contribution in [0.1, 0.15) is 13.8 Å². The van der Waals surface area contributed by atoms with E-state index in [1.807, 2.05) is 0 Å². The third-order valence-electron chi connectivity index (χ3n) is 3.27. The van der Waals surface area contributed by atoms with E-state index in [1.165, 1.54) is 17.4 Å². The zero-order valence-corrected chi connectivity index (χ0v) is 12.7. The minimum absolute atomic E-state index is 0.0544. The summed E-state index contributed by atoms with van der Waals surface area (Å²) in [6, 6.07) is 6.55. The number of thiophene rings is 1. The van der Waals surface area contributed by atoms with E-state index in [4.69, 9.17) is 0 Å². The highest BCUT2D eigenvalue weighted by Gasteiger charge is 2.15. The molecule has 0 saturated carbocycles. The Hall–Kier alpha value is -2.01. The lowest BCUT2D eigenvalue weighted by molar-refractivity contribution is 0.509. The highest BCUT2D eigenvalue weighted by Crippen LogP contribution is 2.32. The molecule has 1 aromatic carbocycles. The minimum Gasteiger partial charge on any atom is -0.298 e. The molecule has 0 spiro atoms. The molecular formula is C16H15FN2OS. The van der Waals surface area contributed by atoms with Gasteiger partial charge in [-0.3, -0.25) is 9.36 Å². The van der Waals surface area contributed by atoms with Crippen LogP contribution in [0.15, 0.2) is 40.8 Å². The van der Waals surface area contributed by atoms with Gasteiger partial charge in [0.25, 0.3) is 5.56 Å². The van der Waals surface area contributed by atoms with Gasteiger partial charge in [0.1, 0.15) is 10.5 Å². The number of nitrogens with zero attached hydrogens (tertiary/aromatic N) is 2. The number of hydrogen-bond acceptors (Lipinski definition) is 3.